The molecule has 11 heavy (non-hydrogen) atoms. The monoisotopic (exact) mass is 169 g/mol. The summed E-state index contributed by atoms with van der Waals surface area (Å²) in [6, 6.07) is 7.61. The second kappa shape index (κ2) is 3.61. The van der Waals surface area contributed by atoms with Gasteiger partial charge < -0.3 is 0 Å². The van der Waals surface area contributed by atoms with Crippen molar-refractivity contribution in [2.24, 2.45) is 0 Å². The van der Waals surface area contributed by atoms with Crippen LogP contribution in [0.15, 0.2) is 24.3 Å². The van der Waals surface area contributed by atoms with E-state index in [1.54, 1.807) is 0 Å². The van der Waals surface area contributed by atoms with Gasteiger partial charge in [0.2, 0.25) is 6.16 Å². The first-order chi connectivity index (χ1) is 5.20. The highest BCUT2D eigenvalue weighted by Crippen LogP contribution is 2.22. The van der Waals surface area contributed by atoms with E-state index in [1.165, 1.54) is 0 Å². The van der Waals surface area contributed by atoms with Crippen LogP contribution in [0.5, 0.6) is 0 Å². The number of rotatable bonds is 2. The third kappa shape index (κ3) is 2.41. The molecule has 0 radical (unpaired) electrons. The molecule has 1 rings (SSSR count). The maximum atomic E-state index is 10.5. The fourth-order valence-corrected chi connectivity index (χ4v) is 1.58. The van der Waals surface area contributed by atoms with Crippen LogP contribution in [0.3, 0.4) is 0 Å². The molecule has 3 heteroatoms. The average molecular weight is 169 g/mol. The van der Waals surface area contributed by atoms with Crippen molar-refractivity contribution in [1.82, 2.24) is 0 Å². The third-order valence-electron chi connectivity index (χ3n) is 1.57. The van der Waals surface area contributed by atoms with Crippen molar-refractivity contribution >= 4 is 8.03 Å². The minimum absolute atomic E-state index is 0.266. The van der Waals surface area contributed by atoms with Crippen molar-refractivity contribution < 1.29 is 9.46 Å². The summed E-state index contributed by atoms with van der Waals surface area (Å²) < 4.78 is 10.5. The summed E-state index contributed by atoms with van der Waals surface area (Å²) in [5.41, 5.74) is 2.03. The van der Waals surface area contributed by atoms with Crippen molar-refractivity contribution in [3.63, 3.8) is 0 Å². The van der Waals surface area contributed by atoms with Gasteiger partial charge in [0.05, 0.1) is 0 Å². The summed E-state index contributed by atoms with van der Waals surface area (Å²) in [6.45, 7) is 1.94. The van der Waals surface area contributed by atoms with Gasteiger partial charge in [-0.3, -0.25) is 0 Å². The summed E-state index contributed by atoms with van der Waals surface area (Å²) in [6.07, 6.45) is 0.266. The number of benzene rings is 1. The van der Waals surface area contributed by atoms with Crippen LogP contribution in [0.4, 0.5) is 0 Å². The van der Waals surface area contributed by atoms with Gasteiger partial charge in [-0.1, -0.05) is 24.3 Å². The molecule has 1 aromatic rings. The van der Waals surface area contributed by atoms with Crippen molar-refractivity contribution in [3.05, 3.63) is 35.4 Å². The van der Waals surface area contributed by atoms with Gasteiger partial charge in [0.25, 0.3) is 0 Å². The lowest BCUT2D eigenvalue weighted by molar-refractivity contribution is 0.502. The van der Waals surface area contributed by atoms with Gasteiger partial charge in [-0.25, -0.2) is 0 Å². The Bertz CT molecular complexity index is 271. The molecule has 2 nitrogen and oxygen atoms in total. The Morgan fingerprint density at radius 1 is 1.45 bits per heavy atom. The molecule has 0 aromatic heterocycles. The van der Waals surface area contributed by atoms with E-state index in [2.05, 4.69) is 0 Å². The molecule has 0 fully saturated rings. The van der Waals surface area contributed by atoms with E-state index in [0.717, 1.165) is 11.1 Å². The van der Waals surface area contributed by atoms with Crippen molar-refractivity contribution in [3.8, 4) is 0 Å². The highest BCUT2D eigenvalue weighted by molar-refractivity contribution is 7.37. The molecular formula is C8H10O2P+. The fraction of sp³-hybridized carbons (Fsp3) is 0.250. The molecule has 1 unspecified atom stereocenters. The molecule has 0 saturated carbocycles. The molecule has 0 spiro atoms. The van der Waals surface area contributed by atoms with Crippen LogP contribution in [-0.4, -0.2) is 4.89 Å². The van der Waals surface area contributed by atoms with Gasteiger partial charge in [0.15, 0.2) is 0 Å². The average Bonchev–Trinajstić information content (AvgIpc) is 1.93. The summed E-state index contributed by atoms with van der Waals surface area (Å²) >= 11 is 0. The summed E-state index contributed by atoms with van der Waals surface area (Å²) in [4.78, 5) is 8.64. The van der Waals surface area contributed by atoms with Gasteiger partial charge >= 0.3 is 8.03 Å². The Labute approximate surface area is 66.7 Å². The normalized spacial score (nSPS) is 11.3. The maximum absolute atomic E-state index is 10.5. The molecule has 0 heterocycles. The second-order valence-electron chi connectivity index (χ2n) is 2.44. The highest BCUT2D eigenvalue weighted by Gasteiger charge is 2.12. The minimum atomic E-state index is -2.04. The van der Waals surface area contributed by atoms with Gasteiger partial charge in [-0.2, -0.15) is 4.89 Å². The standard InChI is InChI=1S/C8H9O2P/c1-7-4-2-3-5-8(7)6-11(9)10/h2-5H,6H2,1H3/p+1. The Morgan fingerprint density at radius 3 is 2.64 bits per heavy atom. The zero-order chi connectivity index (χ0) is 8.27. The number of hydrogen-bond donors (Lipinski definition) is 1. The molecule has 58 valence electrons. The Morgan fingerprint density at radius 2 is 2.09 bits per heavy atom. The Hall–Kier alpha value is -0.720. The topological polar surface area (TPSA) is 37.3 Å². The van der Waals surface area contributed by atoms with E-state index in [9.17, 15) is 4.57 Å². The van der Waals surface area contributed by atoms with Crippen molar-refractivity contribution in [1.29, 1.82) is 0 Å². The van der Waals surface area contributed by atoms with Crippen LogP contribution >= 0.6 is 8.03 Å². The quantitative estimate of drug-likeness (QED) is 0.689. The van der Waals surface area contributed by atoms with Crippen LogP contribution in [0.25, 0.3) is 0 Å². The zero-order valence-electron chi connectivity index (χ0n) is 6.32. The van der Waals surface area contributed by atoms with Gasteiger partial charge in [0, 0.05) is 5.56 Å². The largest absolute Gasteiger partial charge is 0.510 e. The molecular weight excluding hydrogens is 159 g/mol. The number of aryl methyl sites for hydroxylation is 1. The van der Waals surface area contributed by atoms with Crippen LogP contribution in [0.2, 0.25) is 0 Å². The number of hydrogen-bond acceptors (Lipinski definition) is 1. The fourth-order valence-electron chi connectivity index (χ4n) is 0.933. The molecule has 0 bridgehead atoms. The molecule has 0 aliphatic carbocycles. The van der Waals surface area contributed by atoms with E-state index < -0.39 is 8.03 Å². The van der Waals surface area contributed by atoms with E-state index in [-0.39, 0.29) is 6.16 Å². The predicted molar refractivity (Wildman–Crippen MR) is 44.7 cm³/mol. The van der Waals surface area contributed by atoms with E-state index >= 15 is 0 Å². The van der Waals surface area contributed by atoms with Gasteiger partial charge in [-0.05, 0) is 17.1 Å². The first kappa shape index (κ1) is 8.38. The summed E-state index contributed by atoms with van der Waals surface area (Å²) in [5.74, 6) is 0. The molecule has 0 amide bonds. The lowest BCUT2D eigenvalue weighted by atomic mass is 10.1. The lowest BCUT2D eigenvalue weighted by Crippen LogP contribution is -1.83. The summed E-state index contributed by atoms with van der Waals surface area (Å²) in [7, 11) is -2.04. The van der Waals surface area contributed by atoms with Gasteiger partial charge in [-0.15, -0.1) is 0 Å². The Balaban J connectivity index is 2.86. The van der Waals surface area contributed by atoms with E-state index in [1.807, 2.05) is 31.2 Å². The SMILES string of the molecule is Cc1ccccc1C[P+](=O)O. The van der Waals surface area contributed by atoms with E-state index in [0.29, 0.717) is 0 Å². The van der Waals surface area contributed by atoms with E-state index in [4.69, 9.17) is 4.89 Å². The van der Waals surface area contributed by atoms with Crippen LogP contribution in [-0.2, 0) is 10.7 Å². The smallest absolute Gasteiger partial charge is 0.160 e. The predicted octanol–water partition coefficient (Wildman–Crippen LogP) is 2.23. The zero-order valence-corrected chi connectivity index (χ0v) is 7.21. The van der Waals surface area contributed by atoms with Crippen molar-refractivity contribution in [2.75, 3.05) is 0 Å². The van der Waals surface area contributed by atoms with Gasteiger partial charge in [0.1, 0.15) is 0 Å². The summed E-state index contributed by atoms with van der Waals surface area (Å²) in [5, 5.41) is 0. The van der Waals surface area contributed by atoms with Crippen LogP contribution in [0, 0.1) is 6.92 Å². The molecule has 0 saturated heterocycles. The molecule has 0 aliphatic rings. The van der Waals surface area contributed by atoms with Crippen LogP contribution in [0.1, 0.15) is 11.1 Å². The molecule has 1 aromatic carbocycles. The minimum Gasteiger partial charge on any atom is -0.160 e. The third-order valence-corrected chi connectivity index (χ3v) is 2.18. The lowest BCUT2D eigenvalue weighted by Gasteiger charge is -1.95. The van der Waals surface area contributed by atoms with Crippen LogP contribution < -0.4 is 0 Å². The maximum Gasteiger partial charge on any atom is 0.510 e. The molecule has 1 atom stereocenters. The second-order valence-corrected chi connectivity index (χ2v) is 3.46. The Kier molecular flexibility index (Phi) is 2.75. The highest BCUT2D eigenvalue weighted by atomic mass is 31.1. The molecule has 0 aliphatic heterocycles. The van der Waals surface area contributed by atoms with Crippen molar-refractivity contribution in [2.45, 2.75) is 13.1 Å². The molecule has 1 N–H and O–H groups in total. The first-order valence-electron chi connectivity index (χ1n) is 3.38. The first-order valence-corrected chi connectivity index (χ1v) is 4.78.